The zero-order valence-corrected chi connectivity index (χ0v) is 16.4. The highest BCUT2D eigenvalue weighted by molar-refractivity contribution is 5.86. The molecule has 0 amide bonds. The molecule has 2 aromatic carbocycles. The molecule has 0 aliphatic rings. The van der Waals surface area contributed by atoms with Crippen LogP contribution in [0.15, 0.2) is 90.4 Å². The summed E-state index contributed by atoms with van der Waals surface area (Å²) in [4.78, 5) is 16.6. The van der Waals surface area contributed by atoms with Gasteiger partial charge in [0.15, 0.2) is 5.69 Å². The van der Waals surface area contributed by atoms with Crippen LogP contribution in [0.4, 0.5) is 5.69 Å². The molecule has 0 spiro atoms. The second kappa shape index (κ2) is 8.40. The molecular formula is C23H20N6O. The van der Waals surface area contributed by atoms with Gasteiger partial charge in [-0.05, 0) is 48.9 Å². The summed E-state index contributed by atoms with van der Waals surface area (Å²) >= 11 is 0. The van der Waals surface area contributed by atoms with Crippen LogP contribution in [-0.2, 0) is 0 Å². The normalized spacial score (nSPS) is 11.3. The largest absolute Gasteiger partial charge is 0.354 e. The zero-order valence-electron chi connectivity index (χ0n) is 16.4. The fourth-order valence-electron chi connectivity index (χ4n) is 3.14. The van der Waals surface area contributed by atoms with E-state index in [1.807, 2.05) is 66.2 Å². The molecule has 0 unspecified atom stereocenters. The molecule has 148 valence electrons. The first kappa shape index (κ1) is 19.1. The lowest BCUT2D eigenvalue weighted by atomic mass is 10.1. The third-order valence-corrected chi connectivity index (χ3v) is 4.60. The molecule has 2 heterocycles. The summed E-state index contributed by atoms with van der Waals surface area (Å²) in [6.45, 7) is 1.99. The first-order valence-electron chi connectivity index (χ1n) is 9.38. The first-order chi connectivity index (χ1) is 14.7. The van der Waals surface area contributed by atoms with Gasteiger partial charge in [-0.1, -0.05) is 18.2 Å². The first-order valence-corrected chi connectivity index (χ1v) is 9.38. The van der Waals surface area contributed by atoms with Crippen molar-refractivity contribution in [1.82, 2.24) is 19.3 Å². The van der Waals surface area contributed by atoms with Crippen LogP contribution in [0.1, 0.15) is 11.3 Å². The van der Waals surface area contributed by atoms with Crippen LogP contribution in [0.5, 0.6) is 0 Å². The van der Waals surface area contributed by atoms with Crippen LogP contribution in [0, 0.1) is 12.3 Å². The minimum absolute atomic E-state index is 0.226. The number of imidazole rings is 1. The number of benzene rings is 2. The molecule has 0 aliphatic carbocycles. The number of hydrogen-bond acceptors (Lipinski definition) is 5. The van der Waals surface area contributed by atoms with E-state index < -0.39 is 0 Å². The molecule has 2 aromatic heterocycles. The maximum Gasteiger partial charge on any atom is 0.209 e. The van der Waals surface area contributed by atoms with Gasteiger partial charge in [0.2, 0.25) is 5.43 Å². The Morgan fingerprint density at radius 1 is 1.10 bits per heavy atom. The third kappa shape index (κ3) is 3.95. The number of nitrogens with one attached hydrogen (secondary N) is 2. The zero-order chi connectivity index (χ0) is 20.9. The monoisotopic (exact) mass is 396 g/mol. The predicted molar refractivity (Wildman–Crippen MR) is 119 cm³/mol. The lowest BCUT2D eigenvalue weighted by Crippen LogP contribution is -2.18. The van der Waals surface area contributed by atoms with E-state index in [1.54, 1.807) is 23.4 Å². The molecule has 0 atom stereocenters. The Balaban J connectivity index is 1.73. The average molecular weight is 396 g/mol. The number of nitrogens with zero attached hydrogens (tertiary/aromatic N) is 4. The Labute approximate surface area is 173 Å². The van der Waals surface area contributed by atoms with Gasteiger partial charge in [0, 0.05) is 42.2 Å². The molecule has 4 rings (SSSR count). The molecule has 4 aromatic rings. The minimum atomic E-state index is -0.226. The second-order valence-electron chi connectivity index (χ2n) is 6.65. The topological polar surface area (TPSA) is 88.6 Å². The van der Waals surface area contributed by atoms with Gasteiger partial charge in [0.1, 0.15) is 0 Å². The Bertz CT molecular complexity index is 1260. The highest BCUT2D eigenvalue weighted by Crippen LogP contribution is 2.19. The Morgan fingerprint density at radius 2 is 1.93 bits per heavy atom. The van der Waals surface area contributed by atoms with Gasteiger partial charge in [0.05, 0.1) is 17.7 Å². The molecule has 7 heteroatoms. The lowest BCUT2D eigenvalue weighted by molar-refractivity contribution is 0.818. The molecule has 0 bridgehead atoms. The lowest BCUT2D eigenvalue weighted by Gasteiger charge is -2.14. The summed E-state index contributed by atoms with van der Waals surface area (Å²) < 4.78 is 3.60. The molecule has 0 saturated heterocycles. The van der Waals surface area contributed by atoms with Crippen molar-refractivity contribution in [3.05, 3.63) is 107 Å². The molecule has 30 heavy (non-hydrogen) atoms. The highest BCUT2D eigenvalue weighted by Gasteiger charge is 2.11. The number of hydrogen-bond donors (Lipinski definition) is 2. The van der Waals surface area contributed by atoms with Crippen molar-refractivity contribution >= 4 is 17.6 Å². The number of aryl methyl sites for hydroxylation is 1. The van der Waals surface area contributed by atoms with Crippen LogP contribution < -0.4 is 10.7 Å². The molecular weight excluding hydrogens is 376 g/mol. The SMILES string of the molecule is Cc1cc(-n2ccnc2)ccc1-n1ccc(=O)c(/C(=C/C=N)Nc2ccccc2)n1. The van der Waals surface area contributed by atoms with Crippen LogP contribution >= 0.6 is 0 Å². The maximum atomic E-state index is 12.6. The number of aromatic nitrogens is 4. The summed E-state index contributed by atoms with van der Waals surface area (Å²) in [6.07, 6.45) is 9.66. The van der Waals surface area contributed by atoms with Crippen molar-refractivity contribution in [2.24, 2.45) is 0 Å². The fraction of sp³-hybridized carbons (Fsp3) is 0.0435. The summed E-state index contributed by atoms with van der Waals surface area (Å²) in [7, 11) is 0. The summed E-state index contributed by atoms with van der Waals surface area (Å²) in [5, 5.41) is 15.2. The van der Waals surface area contributed by atoms with Crippen LogP contribution in [0.3, 0.4) is 0 Å². The average Bonchev–Trinajstić information content (AvgIpc) is 3.30. The van der Waals surface area contributed by atoms with E-state index in [0.717, 1.165) is 28.8 Å². The number of para-hydroxylation sites is 1. The summed E-state index contributed by atoms with van der Waals surface area (Å²) in [6, 6.07) is 16.9. The van der Waals surface area contributed by atoms with Gasteiger partial charge in [0.25, 0.3) is 0 Å². The number of rotatable bonds is 6. The quantitative estimate of drug-likeness (QED) is 0.485. The Morgan fingerprint density at radius 3 is 2.63 bits per heavy atom. The molecule has 0 fully saturated rings. The Hall–Kier alpha value is -4.26. The minimum Gasteiger partial charge on any atom is -0.354 e. The van der Waals surface area contributed by atoms with Gasteiger partial charge in [-0.25, -0.2) is 9.67 Å². The van der Waals surface area contributed by atoms with E-state index >= 15 is 0 Å². The highest BCUT2D eigenvalue weighted by atomic mass is 16.1. The van der Waals surface area contributed by atoms with Gasteiger partial charge in [-0.15, -0.1) is 0 Å². The van der Waals surface area contributed by atoms with Crippen molar-refractivity contribution in [2.75, 3.05) is 5.32 Å². The number of anilines is 1. The van der Waals surface area contributed by atoms with Gasteiger partial charge >= 0.3 is 0 Å². The van der Waals surface area contributed by atoms with Crippen LogP contribution in [0.2, 0.25) is 0 Å². The van der Waals surface area contributed by atoms with E-state index in [0.29, 0.717) is 5.70 Å². The van der Waals surface area contributed by atoms with Gasteiger partial charge < -0.3 is 15.3 Å². The summed E-state index contributed by atoms with van der Waals surface area (Å²) in [5.74, 6) is 0. The standard InChI is InChI=1S/C23H20N6O/c1-17-15-19(28-14-12-25-16-28)7-8-21(17)29-13-10-22(30)23(27-29)20(9-11-24)26-18-5-3-2-4-6-18/h2-16,24,26H,1H3/b20-9-,24-11?. The Kier molecular flexibility index (Phi) is 5.34. The third-order valence-electron chi connectivity index (χ3n) is 4.60. The molecule has 0 radical (unpaired) electrons. The predicted octanol–water partition coefficient (Wildman–Crippen LogP) is 3.83. The summed E-state index contributed by atoms with van der Waals surface area (Å²) in [5.41, 5.74) is 4.13. The van der Waals surface area contributed by atoms with E-state index in [9.17, 15) is 4.79 Å². The molecule has 0 aliphatic heterocycles. The van der Waals surface area contributed by atoms with Crippen LogP contribution in [-0.4, -0.2) is 25.5 Å². The van der Waals surface area contributed by atoms with Crippen LogP contribution in [0.25, 0.3) is 17.1 Å². The van der Waals surface area contributed by atoms with Gasteiger partial charge in [-0.3, -0.25) is 4.79 Å². The van der Waals surface area contributed by atoms with E-state index in [1.165, 1.54) is 12.1 Å². The van der Waals surface area contributed by atoms with E-state index in [4.69, 9.17) is 5.41 Å². The van der Waals surface area contributed by atoms with Crippen molar-refractivity contribution in [2.45, 2.75) is 6.92 Å². The molecule has 2 N–H and O–H groups in total. The van der Waals surface area contributed by atoms with E-state index in [2.05, 4.69) is 15.4 Å². The van der Waals surface area contributed by atoms with Crippen molar-refractivity contribution in [3.63, 3.8) is 0 Å². The van der Waals surface area contributed by atoms with Crippen molar-refractivity contribution < 1.29 is 0 Å². The molecule has 7 nitrogen and oxygen atoms in total. The smallest absolute Gasteiger partial charge is 0.209 e. The van der Waals surface area contributed by atoms with Crippen molar-refractivity contribution in [3.8, 4) is 11.4 Å². The molecule has 0 saturated carbocycles. The van der Waals surface area contributed by atoms with Gasteiger partial charge in [-0.2, -0.15) is 5.10 Å². The fourth-order valence-corrected chi connectivity index (χ4v) is 3.14. The maximum absolute atomic E-state index is 12.6. The number of allylic oxidation sites excluding steroid dienone is 1. The van der Waals surface area contributed by atoms with E-state index in [-0.39, 0.29) is 11.1 Å². The second-order valence-corrected chi connectivity index (χ2v) is 6.65. The van der Waals surface area contributed by atoms with Crippen molar-refractivity contribution in [1.29, 1.82) is 5.41 Å².